The lowest BCUT2D eigenvalue weighted by Gasteiger charge is -2.25. The second-order valence-corrected chi connectivity index (χ2v) is 6.49. The smallest absolute Gasteiger partial charge is 0.0897 e. The van der Waals surface area contributed by atoms with E-state index >= 15 is 0 Å². The van der Waals surface area contributed by atoms with Crippen molar-refractivity contribution in [3.8, 4) is 0 Å². The second kappa shape index (κ2) is 8.23. The molecule has 112 valence electrons. The van der Waals surface area contributed by atoms with E-state index < -0.39 is 0 Å². The summed E-state index contributed by atoms with van der Waals surface area (Å²) in [5, 5.41) is 13.5. The largest absolute Gasteiger partial charge is 0.389 e. The molecular weight excluding hydrogens is 238 g/mol. The van der Waals surface area contributed by atoms with E-state index in [2.05, 4.69) is 12.2 Å². The van der Waals surface area contributed by atoms with E-state index in [1.165, 1.54) is 57.8 Å². The zero-order valence-electron chi connectivity index (χ0n) is 12.4. The van der Waals surface area contributed by atoms with Crippen molar-refractivity contribution in [1.29, 1.82) is 0 Å². The summed E-state index contributed by atoms with van der Waals surface area (Å²) in [6.45, 7) is 3.42. The third kappa shape index (κ3) is 5.41. The number of aliphatic hydroxyl groups is 1. The Morgan fingerprint density at radius 2 is 1.68 bits per heavy atom. The van der Waals surface area contributed by atoms with E-state index in [1.807, 2.05) is 0 Å². The minimum atomic E-state index is -0.356. The molecule has 0 heterocycles. The average molecular weight is 269 g/mol. The Hall–Kier alpha value is -0.120. The molecule has 2 rings (SSSR count). The second-order valence-electron chi connectivity index (χ2n) is 6.49. The number of hydrogen-bond donors (Lipinski definition) is 2. The summed E-state index contributed by atoms with van der Waals surface area (Å²) in [5.74, 6) is 0.812. The zero-order valence-corrected chi connectivity index (χ0v) is 12.4. The minimum Gasteiger partial charge on any atom is -0.389 e. The van der Waals surface area contributed by atoms with Gasteiger partial charge in [-0.05, 0) is 38.5 Å². The fourth-order valence-corrected chi connectivity index (χ4v) is 3.48. The van der Waals surface area contributed by atoms with Crippen molar-refractivity contribution in [2.75, 3.05) is 13.2 Å². The average Bonchev–Trinajstić information content (AvgIpc) is 2.98. The molecule has 0 radical (unpaired) electrons. The summed E-state index contributed by atoms with van der Waals surface area (Å²) in [7, 11) is 0. The Labute approximate surface area is 118 Å². The van der Waals surface area contributed by atoms with Crippen LogP contribution < -0.4 is 5.32 Å². The Morgan fingerprint density at radius 3 is 2.37 bits per heavy atom. The van der Waals surface area contributed by atoms with Crippen LogP contribution in [0.1, 0.15) is 64.7 Å². The van der Waals surface area contributed by atoms with Gasteiger partial charge in [-0.3, -0.25) is 0 Å². The first-order valence-electron chi connectivity index (χ1n) is 8.28. The van der Waals surface area contributed by atoms with Gasteiger partial charge in [0.05, 0.1) is 18.8 Å². The highest BCUT2D eigenvalue weighted by molar-refractivity contribution is 4.78. The highest BCUT2D eigenvalue weighted by atomic mass is 16.5. The van der Waals surface area contributed by atoms with Crippen LogP contribution in [0.4, 0.5) is 0 Å². The monoisotopic (exact) mass is 269 g/mol. The SMILES string of the molecule is CC(NCC(O)COC1CCCCC1)C1CCCC1. The molecule has 0 aromatic carbocycles. The van der Waals surface area contributed by atoms with Gasteiger partial charge >= 0.3 is 0 Å². The maximum absolute atomic E-state index is 9.98. The van der Waals surface area contributed by atoms with Crippen LogP contribution in [0.5, 0.6) is 0 Å². The summed E-state index contributed by atoms with van der Waals surface area (Å²) >= 11 is 0. The molecule has 2 aliphatic carbocycles. The molecule has 2 fully saturated rings. The Morgan fingerprint density at radius 1 is 1.05 bits per heavy atom. The van der Waals surface area contributed by atoms with Crippen molar-refractivity contribution in [1.82, 2.24) is 5.32 Å². The standard InChI is InChI=1S/C16H31NO2/c1-13(14-7-5-6-8-14)17-11-15(18)12-19-16-9-3-2-4-10-16/h13-18H,2-12H2,1H3. The molecule has 3 nitrogen and oxygen atoms in total. The van der Waals surface area contributed by atoms with Crippen molar-refractivity contribution < 1.29 is 9.84 Å². The molecular formula is C16H31NO2. The van der Waals surface area contributed by atoms with Gasteiger partial charge in [0.2, 0.25) is 0 Å². The lowest BCUT2D eigenvalue weighted by atomic mass is 9.98. The van der Waals surface area contributed by atoms with Gasteiger partial charge in [-0.2, -0.15) is 0 Å². The fourth-order valence-electron chi connectivity index (χ4n) is 3.48. The topological polar surface area (TPSA) is 41.5 Å². The third-order valence-corrected chi connectivity index (χ3v) is 4.86. The molecule has 0 spiro atoms. The first-order valence-corrected chi connectivity index (χ1v) is 8.28. The molecule has 2 N–H and O–H groups in total. The number of aliphatic hydroxyl groups excluding tert-OH is 1. The number of nitrogens with one attached hydrogen (secondary N) is 1. The van der Waals surface area contributed by atoms with E-state index in [-0.39, 0.29) is 6.10 Å². The summed E-state index contributed by atoms with van der Waals surface area (Å²) in [6, 6.07) is 0.534. The van der Waals surface area contributed by atoms with Crippen LogP contribution in [0.2, 0.25) is 0 Å². The molecule has 0 amide bonds. The maximum Gasteiger partial charge on any atom is 0.0897 e. The van der Waals surface area contributed by atoms with Gasteiger partial charge < -0.3 is 15.2 Å². The molecule has 0 aromatic rings. The van der Waals surface area contributed by atoms with E-state index in [4.69, 9.17) is 4.74 Å². The van der Waals surface area contributed by atoms with Gasteiger partial charge in [0.15, 0.2) is 0 Å². The van der Waals surface area contributed by atoms with Crippen molar-refractivity contribution in [2.45, 2.75) is 83.0 Å². The van der Waals surface area contributed by atoms with Gasteiger partial charge in [-0.25, -0.2) is 0 Å². The van der Waals surface area contributed by atoms with Crippen molar-refractivity contribution in [3.05, 3.63) is 0 Å². The maximum atomic E-state index is 9.98. The van der Waals surface area contributed by atoms with Crippen molar-refractivity contribution in [2.24, 2.45) is 5.92 Å². The Kier molecular flexibility index (Phi) is 6.62. The number of rotatable bonds is 7. The lowest BCUT2D eigenvalue weighted by molar-refractivity contribution is -0.0238. The van der Waals surface area contributed by atoms with E-state index in [0.29, 0.717) is 25.3 Å². The van der Waals surface area contributed by atoms with Crippen LogP contribution in [0.15, 0.2) is 0 Å². The van der Waals surface area contributed by atoms with Crippen LogP contribution in [0.3, 0.4) is 0 Å². The highest BCUT2D eigenvalue weighted by Gasteiger charge is 2.22. The van der Waals surface area contributed by atoms with Crippen molar-refractivity contribution >= 4 is 0 Å². The van der Waals surface area contributed by atoms with Gasteiger partial charge in [-0.1, -0.05) is 32.1 Å². The Bertz CT molecular complexity index is 235. The summed E-state index contributed by atoms with van der Waals surface area (Å²) in [6.07, 6.45) is 11.8. The molecule has 2 aliphatic rings. The van der Waals surface area contributed by atoms with Gasteiger partial charge in [0, 0.05) is 12.6 Å². The van der Waals surface area contributed by atoms with E-state index in [1.54, 1.807) is 0 Å². The molecule has 19 heavy (non-hydrogen) atoms. The van der Waals surface area contributed by atoms with Crippen LogP contribution in [-0.2, 0) is 4.74 Å². The molecule has 2 atom stereocenters. The first kappa shape index (κ1) is 15.3. The predicted octanol–water partition coefficient (Wildman–Crippen LogP) is 2.86. The molecule has 3 heteroatoms. The summed E-state index contributed by atoms with van der Waals surface area (Å²) in [4.78, 5) is 0. The van der Waals surface area contributed by atoms with Gasteiger partial charge in [-0.15, -0.1) is 0 Å². The molecule has 0 aliphatic heterocycles. The van der Waals surface area contributed by atoms with Crippen LogP contribution in [0.25, 0.3) is 0 Å². The fraction of sp³-hybridized carbons (Fsp3) is 1.00. The molecule has 0 aromatic heterocycles. The van der Waals surface area contributed by atoms with Crippen LogP contribution >= 0.6 is 0 Å². The van der Waals surface area contributed by atoms with Gasteiger partial charge in [0.25, 0.3) is 0 Å². The highest BCUT2D eigenvalue weighted by Crippen LogP contribution is 2.27. The lowest BCUT2D eigenvalue weighted by Crippen LogP contribution is -2.39. The van der Waals surface area contributed by atoms with Gasteiger partial charge in [0.1, 0.15) is 0 Å². The first-order chi connectivity index (χ1) is 9.25. The van der Waals surface area contributed by atoms with Crippen molar-refractivity contribution in [3.63, 3.8) is 0 Å². The van der Waals surface area contributed by atoms with Crippen LogP contribution in [0, 0.1) is 5.92 Å². The molecule has 2 saturated carbocycles. The predicted molar refractivity (Wildman–Crippen MR) is 78.3 cm³/mol. The number of ether oxygens (including phenoxy) is 1. The third-order valence-electron chi connectivity index (χ3n) is 4.86. The molecule has 0 bridgehead atoms. The normalized spacial score (nSPS) is 25.6. The summed E-state index contributed by atoms with van der Waals surface area (Å²) in [5.41, 5.74) is 0. The Balaban J connectivity index is 1.54. The molecule has 0 saturated heterocycles. The summed E-state index contributed by atoms with van der Waals surface area (Å²) < 4.78 is 5.81. The van der Waals surface area contributed by atoms with E-state index in [9.17, 15) is 5.11 Å². The number of hydrogen-bond acceptors (Lipinski definition) is 3. The molecule has 2 unspecified atom stereocenters. The quantitative estimate of drug-likeness (QED) is 0.747. The zero-order chi connectivity index (χ0) is 13.5. The van der Waals surface area contributed by atoms with E-state index in [0.717, 1.165) is 5.92 Å². The van der Waals surface area contributed by atoms with Crippen LogP contribution in [-0.4, -0.2) is 36.5 Å². The minimum absolute atomic E-state index is 0.356.